The smallest absolute Gasteiger partial charge is 0.273 e. The lowest BCUT2D eigenvalue weighted by atomic mass is 10.0. The number of sulfonamides is 1. The van der Waals surface area contributed by atoms with Crippen molar-refractivity contribution in [1.29, 1.82) is 0 Å². The fourth-order valence-electron chi connectivity index (χ4n) is 3.47. The lowest BCUT2D eigenvalue weighted by Crippen LogP contribution is -2.50. The Hall–Kier alpha value is -2.26. The highest BCUT2D eigenvalue weighted by Gasteiger charge is 2.36. The zero-order valence-corrected chi connectivity index (χ0v) is 15.9. The molecule has 0 aromatic carbocycles. The molecule has 2 atom stereocenters. The minimum atomic E-state index is -3.63. The Morgan fingerprint density at radius 2 is 2.11 bits per heavy atom. The van der Waals surface area contributed by atoms with Crippen LogP contribution < -0.4 is 5.32 Å². The fourth-order valence-corrected chi connectivity index (χ4v) is 5.07. The molecule has 1 amide bonds. The Kier molecular flexibility index (Phi) is 4.73. The molecule has 2 aromatic heterocycles. The molecule has 4 rings (SSSR count). The third kappa shape index (κ3) is 3.74. The van der Waals surface area contributed by atoms with Crippen molar-refractivity contribution in [2.24, 2.45) is 0 Å². The normalized spacial score (nSPS) is 23.9. The van der Waals surface area contributed by atoms with E-state index in [2.05, 4.69) is 15.5 Å². The van der Waals surface area contributed by atoms with Gasteiger partial charge in [-0.3, -0.25) is 4.79 Å². The van der Waals surface area contributed by atoms with Gasteiger partial charge in [0.25, 0.3) is 15.9 Å². The van der Waals surface area contributed by atoms with Crippen LogP contribution in [-0.2, 0) is 10.0 Å². The summed E-state index contributed by atoms with van der Waals surface area (Å²) in [6, 6.07) is 6.20. The molecule has 1 saturated heterocycles. The van der Waals surface area contributed by atoms with Crippen LogP contribution in [0.2, 0.25) is 0 Å². The van der Waals surface area contributed by atoms with E-state index in [9.17, 15) is 13.2 Å². The zero-order valence-electron chi connectivity index (χ0n) is 15.0. The topological polar surface area (TPSA) is 105 Å². The van der Waals surface area contributed by atoms with E-state index in [1.165, 1.54) is 16.6 Å². The molecule has 1 saturated carbocycles. The molecule has 0 unspecified atom stereocenters. The molecule has 1 N–H and O–H groups in total. The molecule has 0 bridgehead atoms. The number of rotatable bonds is 5. The summed E-state index contributed by atoms with van der Waals surface area (Å²) >= 11 is 0. The monoisotopic (exact) mass is 390 g/mol. The first-order valence-corrected chi connectivity index (χ1v) is 10.6. The van der Waals surface area contributed by atoms with Crippen LogP contribution in [0.15, 0.2) is 40.0 Å². The predicted molar refractivity (Wildman–Crippen MR) is 96.6 cm³/mol. The Labute approximate surface area is 158 Å². The van der Waals surface area contributed by atoms with Crippen molar-refractivity contribution in [3.05, 3.63) is 41.9 Å². The van der Waals surface area contributed by atoms with E-state index in [0.29, 0.717) is 25.3 Å². The van der Waals surface area contributed by atoms with Gasteiger partial charge in [-0.2, -0.15) is 4.31 Å². The molecule has 1 aliphatic heterocycles. The van der Waals surface area contributed by atoms with Crippen LogP contribution in [0.1, 0.15) is 54.8 Å². The Morgan fingerprint density at radius 3 is 2.78 bits per heavy atom. The molecule has 0 radical (unpaired) electrons. The maximum atomic E-state index is 12.8. The second-order valence-corrected chi connectivity index (χ2v) is 9.05. The first-order chi connectivity index (χ1) is 12.9. The van der Waals surface area contributed by atoms with Gasteiger partial charge >= 0.3 is 0 Å². The quantitative estimate of drug-likeness (QED) is 0.836. The number of aromatic nitrogens is 2. The van der Waals surface area contributed by atoms with E-state index in [4.69, 9.17) is 4.52 Å². The van der Waals surface area contributed by atoms with Crippen molar-refractivity contribution in [3.8, 4) is 0 Å². The van der Waals surface area contributed by atoms with Crippen LogP contribution in [0.25, 0.3) is 0 Å². The van der Waals surface area contributed by atoms with Crippen LogP contribution in [0, 0.1) is 0 Å². The molecule has 8 nitrogen and oxygen atoms in total. The van der Waals surface area contributed by atoms with Crippen molar-refractivity contribution in [1.82, 2.24) is 19.8 Å². The average Bonchev–Trinajstić information content (AvgIpc) is 3.39. The van der Waals surface area contributed by atoms with Gasteiger partial charge in [-0.05, 0) is 44.7 Å². The second kappa shape index (κ2) is 7.05. The lowest BCUT2D eigenvalue weighted by Gasteiger charge is -2.36. The Morgan fingerprint density at radius 1 is 1.30 bits per heavy atom. The lowest BCUT2D eigenvalue weighted by molar-refractivity contribution is 0.0905. The van der Waals surface area contributed by atoms with Crippen molar-refractivity contribution in [2.75, 3.05) is 6.54 Å². The number of piperidine rings is 1. The highest BCUT2D eigenvalue weighted by atomic mass is 32.2. The van der Waals surface area contributed by atoms with Gasteiger partial charge in [0.05, 0.1) is 0 Å². The van der Waals surface area contributed by atoms with E-state index in [0.717, 1.165) is 18.6 Å². The van der Waals surface area contributed by atoms with Crippen LogP contribution in [0.5, 0.6) is 0 Å². The summed E-state index contributed by atoms with van der Waals surface area (Å²) in [6.45, 7) is 2.18. The summed E-state index contributed by atoms with van der Waals surface area (Å²) in [5, 5.41) is 6.86. The van der Waals surface area contributed by atoms with E-state index in [1.54, 1.807) is 18.2 Å². The summed E-state index contributed by atoms with van der Waals surface area (Å²) in [4.78, 5) is 16.4. The maximum Gasteiger partial charge on any atom is 0.273 e. The number of amides is 1. The third-order valence-corrected chi connectivity index (χ3v) is 7.03. The van der Waals surface area contributed by atoms with Gasteiger partial charge in [0.2, 0.25) is 0 Å². The molecule has 9 heteroatoms. The van der Waals surface area contributed by atoms with Crippen molar-refractivity contribution >= 4 is 15.9 Å². The summed E-state index contributed by atoms with van der Waals surface area (Å²) in [5.41, 5.74) is 0.285. The molecule has 1 aliphatic carbocycles. The van der Waals surface area contributed by atoms with Crippen LogP contribution >= 0.6 is 0 Å². The fraction of sp³-hybridized carbons (Fsp3) is 0.500. The van der Waals surface area contributed by atoms with E-state index in [-0.39, 0.29) is 28.7 Å². The van der Waals surface area contributed by atoms with Crippen molar-refractivity contribution < 1.29 is 17.7 Å². The van der Waals surface area contributed by atoms with Gasteiger partial charge in [0, 0.05) is 36.8 Å². The van der Waals surface area contributed by atoms with Gasteiger partial charge in [-0.25, -0.2) is 13.4 Å². The molecule has 0 spiro atoms. The standard InChI is InChI=1S/C18H22N4O4S/c1-12-10-14(20-18(23)15-11-16(26-21-15)13-5-6-13)7-9-22(12)27(24,25)17-4-2-3-8-19-17/h2-4,8,11-14H,5-7,9-10H2,1H3,(H,20,23)/t12-,14+/m1/s1. The highest BCUT2D eigenvalue weighted by Crippen LogP contribution is 2.40. The summed E-state index contributed by atoms with van der Waals surface area (Å²) in [7, 11) is -3.63. The second-order valence-electron chi connectivity index (χ2n) is 7.22. The number of nitrogens with one attached hydrogen (secondary N) is 1. The van der Waals surface area contributed by atoms with Gasteiger partial charge in [-0.15, -0.1) is 0 Å². The number of carbonyl (C=O) groups excluding carboxylic acids is 1. The van der Waals surface area contributed by atoms with E-state index < -0.39 is 10.0 Å². The number of nitrogens with zero attached hydrogens (tertiary/aromatic N) is 3. The minimum absolute atomic E-state index is 0.0505. The minimum Gasteiger partial charge on any atom is -0.360 e. The molecule has 2 aliphatic rings. The molecule has 144 valence electrons. The van der Waals surface area contributed by atoms with Crippen molar-refractivity contribution in [3.63, 3.8) is 0 Å². The molecule has 2 aromatic rings. The molecule has 27 heavy (non-hydrogen) atoms. The molecule has 2 fully saturated rings. The SMILES string of the molecule is C[C@@H]1C[C@@H](NC(=O)c2cc(C3CC3)on2)CCN1S(=O)(=O)c1ccccn1. The number of carbonyl (C=O) groups is 1. The predicted octanol–water partition coefficient (Wildman–Crippen LogP) is 1.92. The summed E-state index contributed by atoms with van der Waals surface area (Å²) in [6.07, 6.45) is 4.70. The van der Waals surface area contributed by atoms with Gasteiger partial charge < -0.3 is 9.84 Å². The first kappa shape index (κ1) is 18.1. The number of pyridine rings is 1. The van der Waals surface area contributed by atoms with Crippen LogP contribution in [-0.4, -0.2) is 47.4 Å². The van der Waals surface area contributed by atoms with Crippen LogP contribution in [0.4, 0.5) is 0 Å². The molecular formula is C18H22N4O4S. The van der Waals surface area contributed by atoms with Crippen molar-refractivity contribution in [2.45, 2.75) is 55.6 Å². The highest BCUT2D eigenvalue weighted by molar-refractivity contribution is 7.89. The van der Waals surface area contributed by atoms with Crippen LogP contribution in [0.3, 0.4) is 0 Å². The number of hydrogen-bond donors (Lipinski definition) is 1. The molecular weight excluding hydrogens is 368 g/mol. The van der Waals surface area contributed by atoms with E-state index in [1.807, 2.05) is 6.92 Å². The number of hydrogen-bond acceptors (Lipinski definition) is 6. The maximum absolute atomic E-state index is 12.8. The van der Waals surface area contributed by atoms with Gasteiger partial charge in [0.1, 0.15) is 5.76 Å². The van der Waals surface area contributed by atoms with E-state index >= 15 is 0 Å². The Balaban J connectivity index is 1.38. The largest absolute Gasteiger partial charge is 0.360 e. The summed E-state index contributed by atoms with van der Waals surface area (Å²) < 4.78 is 32.2. The van der Waals surface area contributed by atoms with Gasteiger partial charge in [0.15, 0.2) is 10.7 Å². The van der Waals surface area contributed by atoms with Gasteiger partial charge in [-0.1, -0.05) is 11.2 Å². The Bertz CT molecular complexity index is 924. The summed E-state index contributed by atoms with van der Waals surface area (Å²) in [5.74, 6) is 0.896. The zero-order chi connectivity index (χ0) is 19.0. The average molecular weight is 390 g/mol. The molecule has 3 heterocycles. The third-order valence-electron chi connectivity index (χ3n) is 5.10. The first-order valence-electron chi connectivity index (χ1n) is 9.15.